The Kier molecular flexibility index (Phi) is 4.82. The summed E-state index contributed by atoms with van der Waals surface area (Å²) in [5.41, 5.74) is 4.98. The molecule has 5 nitrogen and oxygen atoms in total. The maximum Gasteiger partial charge on any atom is 0.224 e. The average Bonchev–Trinajstić information content (AvgIpc) is 3.15. The molecule has 0 radical (unpaired) electrons. The highest BCUT2D eigenvalue weighted by Crippen LogP contribution is 2.50. The van der Waals surface area contributed by atoms with Crippen LogP contribution in [0.3, 0.4) is 0 Å². The third kappa shape index (κ3) is 3.29. The number of hydrogen-bond donors (Lipinski definition) is 0. The molecule has 1 aromatic heterocycles. The van der Waals surface area contributed by atoms with E-state index in [2.05, 4.69) is 29.0 Å². The van der Waals surface area contributed by atoms with Gasteiger partial charge in [0.2, 0.25) is 5.88 Å². The molecule has 1 heterocycles. The van der Waals surface area contributed by atoms with Crippen LogP contribution in [0.4, 0.5) is 0 Å². The molecule has 0 N–H and O–H groups in total. The molecule has 3 aliphatic rings. The fraction of sp³-hybridized carbons (Fsp3) is 0.667. The van der Waals surface area contributed by atoms with Crippen LogP contribution in [0.25, 0.3) is 5.57 Å². The van der Waals surface area contributed by atoms with E-state index in [1.54, 1.807) is 13.3 Å². The van der Waals surface area contributed by atoms with Crippen LogP contribution < -0.4 is 4.74 Å². The second-order valence-electron chi connectivity index (χ2n) is 8.35. The highest BCUT2D eigenvalue weighted by molar-refractivity contribution is 5.85. The highest BCUT2D eigenvalue weighted by Gasteiger charge is 2.37. The number of Topliss-reactive ketones (excluding diaryl/α,β-unsaturated/α-hetero) is 1. The van der Waals surface area contributed by atoms with Crippen LogP contribution in [-0.4, -0.2) is 46.9 Å². The molecule has 1 fully saturated rings. The summed E-state index contributed by atoms with van der Waals surface area (Å²) in [6, 6.07) is 0.662. The van der Waals surface area contributed by atoms with Gasteiger partial charge in [-0.3, -0.25) is 0 Å². The zero-order valence-corrected chi connectivity index (χ0v) is 16.1. The van der Waals surface area contributed by atoms with Crippen molar-refractivity contribution in [3.8, 4) is 5.88 Å². The van der Waals surface area contributed by atoms with Crippen molar-refractivity contribution >= 4 is 11.4 Å². The van der Waals surface area contributed by atoms with Gasteiger partial charge in [0.05, 0.1) is 11.3 Å². The molecular formula is C21H29N3O2. The lowest BCUT2D eigenvalue weighted by atomic mass is 9.91. The fourth-order valence-corrected chi connectivity index (χ4v) is 4.97. The van der Waals surface area contributed by atoms with E-state index in [1.807, 2.05) is 0 Å². The summed E-state index contributed by atoms with van der Waals surface area (Å²) >= 11 is 0. The molecule has 3 aliphatic carbocycles. The van der Waals surface area contributed by atoms with Gasteiger partial charge in [-0.15, -0.1) is 0 Å². The number of rotatable bonds is 5. The van der Waals surface area contributed by atoms with Crippen molar-refractivity contribution in [3.05, 3.63) is 23.2 Å². The Morgan fingerprint density at radius 3 is 2.65 bits per heavy atom. The first-order valence-electron chi connectivity index (χ1n) is 9.91. The van der Waals surface area contributed by atoms with Crippen LogP contribution >= 0.6 is 0 Å². The van der Waals surface area contributed by atoms with Crippen LogP contribution in [0.5, 0.6) is 5.88 Å². The molecule has 0 saturated heterocycles. The third-order valence-corrected chi connectivity index (χ3v) is 6.31. The number of hydrogen-bond acceptors (Lipinski definition) is 5. The number of carbonyl (C=O) groups excluding carboxylic acids is 1. The van der Waals surface area contributed by atoms with Crippen molar-refractivity contribution in [1.82, 2.24) is 14.9 Å². The van der Waals surface area contributed by atoms with E-state index >= 15 is 0 Å². The van der Waals surface area contributed by atoms with Crippen molar-refractivity contribution in [2.75, 3.05) is 14.1 Å². The molecule has 0 spiro atoms. The SMILES string of the molecule is CC(=O)C[C@H]1CCC2=C1c1c(ncnc1OC1CCC(N(C)C)CC1)C2. The molecule has 0 aliphatic heterocycles. The van der Waals surface area contributed by atoms with Crippen LogP contribution in [-0.2, 0) is 11.2 Å². The number of allylic oxidation sites excluding steroid dienone is 2. The maximum absolute atomic E-state index is 11.7. The topological polar surface area (TPSA) is 55.3 Å². The van der Waals surface area contributed by atoms with Gasteiger partial charge in [-0.2, -0.15) is 0 Å². The first kappa shape index (κ1) is 17.7. The number of ketones is 1. The van der Waals surface area contributed by atoms with E-state index in [0.29, 0.717) is 18.4 Å². The van der Waals surface area contributed by atoms with Gasteiger partial charge in [0.25, 0.3) is 0 Å². The molecule has 0 aromatic carbocycles. The predicted molar refractivity (Wildman–Crippen MR) is 101 cm³/mol. The Bertz CT molecular complexity index is 733. The fourth-order valence-electron chi connectivity index (χ4n) is 4.97. The van der Waals surface area contributed by atoms with E-state index < -0.39 is 0 Å². The van der Waals surface area contributed by atoms with Crippen molar-refractivity contribution < 1.29 is 9.53 Å². The smallest absolute Gasteiger partial charge is 0.224 e. The molecule has 5 heteroatoms. The average molecular weight is 355 g/mol. The van der Waals surface area contributed by atoms with Crippen molar-refractivity contribution in [3.63, 3.8) is 0 Å². The summed E-state index contributed by atoms with van der Waals surface area (Å²) in [6.45, 7) is 1.69. The third-order valence-electron chi connectivity index (χ3n) is 6.31. The van der Waals surface area contributed by atoms with E-state index in [4.69, 9.17) is 4.74 Å². The zero-order valence-electron chi connectivity index (χ0n) is 16.1. The molecule has 1 saturated carbocycles. The monoisotopic (exact) mass is 355 g/mol. The summed E-state index contributed by atoms with van der Waals surface area (Å²) in [5.74, 6) is 1.34. The Morgan fingerprint density at radius 1 is 1.19 bits per heavy atom. The molecule has 0 bridgehead atoms. The van der Waals surface area contributed by atoms with E-state index in [9.17, 15) is 4.79 Å². The van der Waals surface area contributed by atoms with Gasteiger partial charge in [-0.1, -0.05) is 5.57 Å². The van der Waals surface area contributed by atoms with Crippen molar-refractivity contribution in [2.45, 2.75) is 70.4 Å². The summed E-state index contributed by atoms with van der Waals surface area (Å²) < 4.78 is 6.40. The van der Waals surface area contributed by atoms with Crippen molar-refractivity contribution in [1.29, 1.82) is 0 Å². The normalized spacial score (nSPS) is 27.6. The predicted octanol–water partition coefficient (Wildman–Crippen LogP) is 3.43. The largest absolute Gasteiger partial charge is 0.474 e. The minimum Gasteiger partial charge on any atom is -0.474 e. The van der Waals surface area contributed by atoms with Crippen LogP contribution in [0.1, 0.15) is 63.1 Å². The number of carbonyl (C=O) groups is 1. The quantitative estimate of drug-likeness (QED) is 0.810. The number of ether oxygens (including phenoxy) is 1. The van der Waals surface area contributed by atoms with Crippen LogP contribution in [0, 0.1) is 5.92 Å². The van der Waals surface area contributed by atoms with E-state index in [1.165, 1.54) is 24.0 Å². The van der Waals surface area contributed by atoms with Crippen LogP contribution in [0.2, 0.25) is 0 Å². The maximum atomic E-state index is 11.7. The second-order valence-corrected chi connectivity index (χ2v) is 8.35. The van der Waals surface area contributed by atoms with Gasteiger partial charge < -0.3 is 14.4 Å². The van der Waals surface area contributed by atoms with Gasteiger partial charge in [0.15, 0.2) is 0 Å². The zero-order chi connectivity index (χ0) is 18.3. The first-order valence-corrected chi connectivity index (χ1v) is 9.91. The van der Waals surface area contributed by atoms with Gasteiger partial charge in [-0.25, -0.2) is 9.97 Å². The molecule has 1 aromatic rings. The highest BCUT2D eigenvalue weighted by atomic mass is 16.5. The summed E-state index contributed by atoms with van der Waals surface area (Å²) in [5, 5.41) is 0. The molecule has 26 heavy (non-hydrogen) atoms. The minimum atomic E-state index is 0.238. The Balaban J connectivity index is 1.54. The first-order chi connectivity index (χ1) is 12.5. The van der Waals surface area contributed by atoms with E-state index in [0.717, 1.165) is 49.2 Å². The number of aromatic nitrogens is 2. The standard InChI is InChI=1S/C21H29N3O2/c1-13(25)10-14-4-5-15-11-18-20(19(14)15)21(23-12-22-18)26-17-8-6-16(7-9-17)24(2)3/h12,14,16-17H,4-11H2,1-3H3/t14-,16?,17?/m1/s1. The summed E-state index contributed by atoms with van der Waals surface area (Å²) in [6.07, 6.45) is 10.1. The molecule has 1 atom stereocenters. The molecule has 4 rings (SSSR count). The number of fused-ring (bicyclic) bond motifs is 2. The van der Waals surface area contributed by atoms with Gasteiger partial charge in [-0.05, 0) is 71.0 Å². The lowest BCUT2D eigenvalue weighted by Gasteiger charge is -2.32. The second kappa shape index (κ2) is 7.10. The van der Waals surface area contributed by atoms with Crippen molar-refractivity contribution in [2.24, 2.45) is 5.92 Å². The van der Waals surface area contributed by atoms with E-state index in [-0.39, 0.29) is 11.9 Å². The summed E-state index contributed by atoms with van der Waals surface area (Å²) in [7, 11) is 4.32. The van der Waals surface area contributed by atoms with Gasteiger partial charge in [0.1, 0.15) is 18.2 Å². The number of nitrogens with zero attached hydrogens (tertiary/aromatic N) is 3. The molecule has 140 valence electrons. The molecule has 0 amide bonds. The lowest BCUT2D eigenvalue weighted by molar-refractivity contribution is -0.117. The molecule has 0 unspecified atom stereocenters. The van der Waals surface area contributed by atoms with Gasteiger partial charge >= 0.3 is 0 Å². The molecular weight excluding hydrogens is 326 g/mol. The lowest BCUT2D eigenvalue weighted by Crippen LogP contribution is -2.35. The van der Waals surface area contributed by atoms with Gasteiger partial charge in [0, 0.05) is 18.9 Å². The summed E-state index contributed by atoms with van der Waals surface area (Å²) in [4.78, 5) is 23.0. The Labute approximate surface area is 155 Å². The Morgan fingerprint density at radius 2 is 1.96 bits per heavy atom. The van der Waals surface area contributed by atoms with Crippen LogP contribution in [0.15, 0.2) is 11.9 Å². The Hall–Kier alpha value is -1.75. The minimum absolute atomic E-state index is 0.238.